The van der Waals surface area contributed by atoms with Gasteiger partial charge in [0.25, 0.3) is 5.91 Å². The standard InChI is InChI=1S/C23H19FN8O/c24-17-12-27-22(29-16-8-15-10-26-21(33)20(15)25-11-16)31-19(17)13-3-4-18-14(7-13)9-28-23(30-18)32-5-1-2-6-32/h3-4,7-9,11-12H,1-2,5-6,10H2,(H,26,33)(H,27,29,31). The van der Waals surface area contributed by atoms with Gasteiger partial charge in [-0.3, -0.25) is 4.79 Å². The van der Waals surface area contributed by atoms with Gasteiger partial charge in [0, 0.05) is 42.3 Å². The van der Waals surface area contributed by atoms with Crippen molar-refractivity contribution in [2.24, 2.45) is 0 Å². The van der Waals surface area contributed by atoms with E-state index in [4.69, 9.17) is 0 Å². The molecule has 0 spiro atoms. The lowest BCUT2D eigenvalue weighted by Gasteiger charge is -2.15. The van der Waals surface area contributed by atoms with Crippen LogP contribution in [0, 0.1) is 5.82 Å². The van der Waals surface area contributed by atoms with Gasteiger partial charge in [0.1, 0.15) is 11.4 Å². The number of aromatic nitrogens is 5. The lowest BCUT2D eigenvalue weighted by atomic mass is 10.1. The maximum Gasteiger partial charge on any atom is 0.270 e. The molecule has 1 amide bonds. The number of carbonyl (C=O) groups excluding carboxylic acids is 1. The molecule has 1 fully saturated rings. The molecule has 5 heterocycles. The van der Waals surface area contributed by atoms with Crippen LogP contribution in [0.3, 0.4) is 0 Å². The number of rotatable bonds is 4. The number of halogens is 1. The van der Waals surface area contributed by atoms with Crippen LogP contribution in [0.25, 0.3) is 22.2 Å². The van der Waals surface area contributed by atoms with Crippen LogP contribution in [0.15, 0.2) is 42.9 Å². The molecule has 0 radical (unpaired) electrons. The minimum Gasteiger partial charge on any atom is -0.347 e. The summed E-state index contributed by atoms with van der Waals surface area (Å²) in [4.78, 5) is 35.6. The molecule has 4 aromatic rings. The first kappa shape index (κ1) is 19.5. The topological polar surface area (TPSA) is 109 Å². The summed E-state index contributed by atoms with van der Waals surface area (Å²) in [5.74, 6) is 0.236. The van der Waals surface area contributed by atoms with E-state index in [1.165, 1.54) is 6.20 Å². The Kier molecular flexibility index (Phi) is 4.56. The molecular formula is C23H19FN8O. The number of nitrogens with one attached hydrogen (secondary N) is 2. The fourth-order valence-electron chi connectivity index (χ4n) is 4.18. The second-order valence-electron chi connectivity index (χ2n) is 8.07. The van der Waals surface area contributed by atoms with Gasteiger partial charge < -0.3 is 15.5 Å². The first-order valence-corrected chi connectivity index (χ1v) is 10.7. The number of nitrogens with zero attached hydrogens (tertiary/aromatic N) is 6. The van der Waals surface area contributed by atoms with Gasteiger partial charge >= 0.3 is 0 Å². The Morgan fingerprint density at radius 2 is 1.85 bits per heavy atom. The molecule has 2 aliphatic heterocycles. The highest BCUT2D eigenvalue weighted by Crippen LogP contribution is 2.27. The van der Waals surface area contributed by atoms with Crippen LogP contribution in [0.2, 0.25) is 0 Å². The fourth-order valence-corrected chi connectivity index (χ4v) is 4.18. The number of benzene rings is 1. The molecule has 1 saturated heterocycles. The highest BCUT2D eigenvalue weighted by Gasteiger charge is 2.21. The number of hydrogen-bond donors (Lipinski definition) is 2. The van der Waals surface area contributed by atoms with Crippen LogP contribution in [0.5, 0.6) is 0 Å². The Balaban J connectivity index is 1.30. The first-order valence-electron chi connectivity index (χ1n) is 10.7. The van der Waals surface area contributed by atoms with Gasteiger partial charge in [-0.05, 0) is 31.0 Å². The van der Waals surface area contributed by atoms with Crippen LogP contribution in [-0.4, -0.2) is 43.9 Å². The normalized spacial score (nSPS) is 15.1. The Morgan fingerprint density at radius 1 is 0.970 bits per heavy atom. The molecule has 0 saturated carbocycles. The van der Waals surface area contributed by atoms with Crippen LogP contribution in [-0.2, 0) is 6.54 Å². The molecule has 2 N–H and O–H groups in total. The van der Waals surface area contributed by atoms with Gasteiger partial charge in [0.05, 0.1) is 23.6 Å². The summed E-state index contributed by atoms with van der Waals surface area (Å²) < 4.78 is 14.6. The summed E-state index contributed by atoms with van der Waals surface area (Å²) in [6.07, 6.45) is 6.74. The number of pyridine rings is 1. The van der Waals surface area contributed by atoms with E-state index in [0.29, 0.717) is 23.5 Å². The van der Waals surface area contributed by atoms with Gasteiger partial charge in [0.15, 0.2) is 5.82 Å². The predicted octanol–water partition coefficient (Wildman–Crippen LogP) is 3.21. The summed E-state index contributed by atoms with van der Waals surface area (Å²) in [6.45, 7) is 2.36. The third-order valence-electron chi connectivity index (χ3n) is 5.85. The van der Waals surface area contributed by atoms with Gasteiger partial charge in [-0.2, -0.15) is 0 Å². The van der Waals surface area contributed by atoms with Crippen molar-refractivity contribution in [3.63, 3.8) is 0 Å². The summed E-state index contributed by atoms with van der Waals surface area (Å²) in [5.41, 5.74) is 3.39. The number of fused-ring (bicyclic) bond motifs is 2. The van der Waals surface area contributed by atoms with E-state index in [-0.39, 0.29) is 17.5 Å². The van der Waals surface area contributed by atoms with Crippen molar-refractivity contribution in [2.45, 2.75) is 19.4 Å². The van der Waals surface area contributed by atoms with E-state index in [9.17, 15) is 9.18 Å². The molecule has 1 aromatic carbocycles. The van der Waals surface area contributed by atoms with Crippen molar-refractivity contribution in [2.75, 3.05) is 23.3 Å². The Morgan fingerprint density at radius 3 is 2.73 bits per heavy atom. The summed E-state index contributed by atoms with van der Waals surface area (Å²) in [7, 11) is 0. The van der Waals surface area contributed by atoms with E-state index >= 15 is 0 Å². The molecule has 0 unspecified atom stereocenters. The molecule has 2 aliphatic rings. The minimum absolute atomic E-state index is 0.170. The van der Waals surface area contributed by atoms with E-state index in [1.807, 2.05) is 12.1 Å². The summed E-state index contributed by atoms with van der Waals surface area (Å²) in [5, 5.41) is 6.57. The average molecular weight is 442 g/mol. The Labute approximate surface area is 188 Å². The maximum absolute atomic E-state index is 14.6. The maximum atomic E-state index is 14.6. The molecule has 0 atom stereocenters. The summed E-state index contributed by atoms with van der Waals surface area (Å²) in [6, 6.07) is 7.28. The second-order valence-corrected chi connectivity index (χ2v) is 8.07. The molecule has 3 aromatic heterocycles. The fraction of sp³-hybridized carbons (Fsp3) is 0.217. The second kappa shape index (κ2) is 7.73. The molecule has 6 rings (SSSR count). The molecule has 10 heteroatoms. The van der Waals surface area contributed by atoms with E-state index < -0.39 is 5.82 Å². The van der Waals surface area contributed by atoms with Crippen LogP contribution in [0.4, 0.5) is 22.0 Å². The molecular weight excluding hydrogens is 423 g/mol. The highest BCUT2D eigenvalue weighted by atomic mass is 19.1. The molecule has 9 nitrogen and oxygen atoms in total. The van der Waals surface area contributed by atoms with Crippen LogP contribution in [0.1, 0.15) is 28.9 Å². The number of anilines is 3. The average Bonchev–Trinajstić information content (AvgIpc) is 3.50. The first-order chi connectivity index (χ1) is 16.1. The smallest absolute Gasteiger partial charge is 0.270 e. The lowest BCUT2D eigenvalue weighted by Crippen LogP contribution is -2.20. The third-order valence-corrected chi connectivity index (χ3v) is 5.85. The minimum atomic E-state index is -0.531. The molecule has 164 valence electrons. The monoisotopic (exact) mass is 442 g/mol. The van der Waals surface area contributed by atoms with Crippen LogP contribution >= 0.6 is 0 Å². The molecule has 0 bridgehead atoms. The zero-order valence-corrected chi connectivity index (χ0v) is 17.5. The van der Waals surface area contributed by atoms with Crippen molar-refractivity contribution >= 4 is 34.4 Å². The van der Waals surface area contributed by atoms with Gasteiger partial charge in [-0.25, -0.2) is 29.3 Å². The van der Waals surface area contributed by atoms with E-state index in [0.717, 1.165) is 54.5 Å². The quantitative estimate of drug-likeness (QED) is 0.496. The zero-order valence-electron chi connectivity index (χ0n) is 17.5. The van der Waals surface area contributed by atoms with Crippen molar-refractivity contribution in [1.82, 2.24) is 30.2 Å². The third kappa shape index (κ3) is 3.59. The molecule has 33 heavy (non-hydrogen) atoms. The Bertz CT molecular complexity index is 1400. The van der Waals surface area contributed by atoms with Gasteiger partial charge in [-0.15, -0.1) is 0 Å². The van der Waals surface area contributed by atoms with Gasteiger partial charge in [-0.1, -0.05) is 6.07 Å². The number of carbonyl (C=O) groups is 1. The SMILES string of the molecule is O=C1NCc2cc(Nc3ncc(F)c(-c4ccc5nc(N6CCCC6)ncc5c4)n3)cnc21. The van der Waals surface area contributed by atoms with Gasteiger partial charge in [0.2, 0.25) is 11.9 Å². The van der Waals surface area contributed by atoms with E-state index in [2.05, 4.69) is 40.5 Å². The Hall–Kier alpha value is -4.21. The molecule has 0 aliphatic carbocycles. The largest absolute Gasteiger partial charge is 0.347 e. The highest BCUT2D eigenvalue weighted by molar-refractivity contribution is 5.96. The van der Waals surface area contributed by atoms with Crippen molar-refractivity contribution < 1.29 is 9.18 Å². The van der Waals surface area contributed by atoms with Crippen molar-refractivity contribution in [1.29, 1.82) is 0 Å². The number of hydrogen-bond acceptors (Lipinski definition) is 8. The van der Waals surface area contributed by atoms with Crippen molar-refractivity contribution in [3.8, 4) is 11.3 Å². The van der Waals surface area contributed by atoms with Crippen LogP contribution < -0.4 is 15.5 Å². The lowest BCUT2D eigenvalue weighted by molar-refractivity contribution is 0.0961. The number of amides is 1. The zero-order chi connectivity index (χ0) is 22.4. The van der Waals surface area contributed by atoms with Crippen molar-refractivity contribution in [3.05, 3.63) is 59.9 Å². The summed E-state index contributed by atoms with van der Waals surface area (Å²) >= 11 is 0. The predicted molar refractivity (Wildman–Crippen MR) is 121 cm³/mol. The van der Waals surface area contributed by atoms with E-state index in [1.54, 1.807) is 18.3 Å².